The second-order valence-electron chi connectivity index (χ2n) is 5.18. The SMILES string of the molecule is COc1ccc(C(O)CNC(=O)COc2ccc(Cl)cc2)cc1OC. The minimum atomic E-state index is -0.876. The summed E-state index contributed by atoms with van der Waals surface area (Å²) in [4.78, 5) is 11.8. The Labute approximate surface area is 151 Å². The number of methoxy groups -OCH3 is 2. The van der Waals surface area contributed by atoms with Crippen LogP contribution in [0.5, 0.6) is 17.2 Å². The largest absolute Gasteiger partial charge is 0.493 e. The van der Waals surface area contributed by atoms with Crippen molar-refractivity contribution in [3.05, 3.63) is 53.1 Å². The highest BCUT2D eigenvalue weighted by molar-refractivity contribution is 6.30. The molecular formula is C18H20ClNO5. The molecule has 1 atom stereocenters. The summed E-state index contributed by atoms with van der Waals surface area (Å²) in [5.74, 6) is 1.28. The maximum Gasteiger partial charge on any atom is 0.258 e. The third kappa shape index (κ3) is 5.55. The molecule has 2 aromatic carbocycles. The zero-order valence-corrected chi connectivity index (χ0v) is 14.7. The summed E-state index contributed by atoms with van der Waals surface area (Å²) in [6, 6.07) is 11.8. The number of hydrogen-bond acceptors (Lipinski definition) is 5. The van der Waals surface area contributed by atoms with Crippen LogP contribution in [0.2, 0.25) is 5.02 Å². The van der Waals surface area contributed by atoms with Crippen molar-refractivity contribution in [3.63, 3.8) is 0 Å². The molecule has 0 aliphatic heterocycles. The summed E-state index contributed by atoms with van der Waals surface area (Å²) in [6.07, 6.45) is -0.876. The van der Waals surface area contributed by atoms with E-state index in [9.17, 15) is 9.90 Å². The van der Waals surface area contributed by atoms with E-state index in [1.807, 2.05) is 0 Å². The monoisotopic (exact) mass is 365 g/mol. The van der Waals surface area contributed by atoms with Gasteiger partial charge < -0.3 is 24.6 Å². The number of ether oxygens (including phenoxy) is 3. The van der Waals surface area contributed by atoms with E-state index in [0.717, 1.165) is 0 Å². The van der Waals surface area contributed by atoms with E-state index in [1.54, 1.807) is 42.5 Å². The van der Waals surface area contributed by atoms with Crippen molar-refractivity contribution in [3.8, 4) is 17.2 Å². The summed E-state index contributed by atoms with van der Waals surface area (Å²) in [5.41, 5.74) is 0.608. The fraction of sp³-hybridized carbons (Fsp3) is 0.278. The van der Waals surface area contributed by atoms with Crippen molar-refractivity contribution < 1.29 is 24.1 Å². The lowest BCUT2D eigenvalue weighted by molar-refractivity contribution is -0.123. The third-order valence-electron chi connectivity index (χ3n) is 3.47. The fourth-order valence-electron chi connectivity index (χ4n) is 2.12. The van der Waals surface area contributed by atoms with Crippen molar-refractivity contribution in [1.82, 2.24) is 5.32 Å². The Balaban J connectivity index is 1.83. The van der Waals surface area contributed by atoms with Crippen LogP contribution in [0.15, 0.2) is 42.5 Å². The molecule has 0 saturated heterocycles. The lowest BCUT2D eigenvalue weighted by Crippen LogP contribution is -2.32. The molecule has 2 N–H and O–H groups in total. The molecule has 0 aromatic heterocycles. The van der Waals surface area contributed by atoms with Gasteiger partial charge in [0, 0.05) is 11.6 Å². The van der Waals surface area contributed by atoms with E-state index >= 15 is 0 Å². The number of rotatable bonds is 8. The van der Waals surface area contributed by atoms with Crippen LogP contribution in [0, 0.1) is 0 Å². The van der Waals surface area contributed by atoms with Gasteiger partial charge in [0.25, 0.3) is 5.91 Å². The molecule has 134 valence electrons. The summed E-state index contributed by atoms with van der Waals surface area (Å²) in [6.45, 7) is -0.0986. The molecule has 1 amide bonds. The first-order chi connectivity index (χ1) is 12.0. The molecule has 0 saturated carbocycles. The molecule has 0 heterocycles. The molecule has 25 heavy (non-hydrogen) atoms. The Hall–Kier alpha value is -2.44. The van der Waals surface area contributed by atoms with E-state index in [2.05, 4.69) is 5.32 Å². The molecule has 0 spiro atoms. The molecule has 0 bridgehead atoms. The number of carbonyl (C=O) groups is 1. The number of aliphatic hydroxyl groups is 1. The Morgan fingerprint density at radius 3 is 2.44 bits per heavy atom. The standard InChI is InChI=1S/C18H20ClNO5/c1-23-16-8-3-12(9-17(16)24-2)15(21)10-20-18(22)11-25-14-6-4-13(19)5-7-14/h3-9,15,21H,10-11H2,1-2H3,(H,20,22). The smallest absolute Gasteiger partial charge is 0.258 e. The maximum absolute atomic E-state index is 11.8. The van der Waals surface area contributed by atoms with Gasteiger partial charge in [0.15, 0.2) is 18.1 Å². The summed E-state index contributed by atoms with van der Waals surface area (Å²) < 4.78 is 15.7. The van der Waals surface area contributed by atoms with Gasteiger partial charge in [-0.3, -0.25) is 4.79 Å². The van der Waals surface area contributed by atoms with Crippen LogP contribution >= 0.6 is 11.6 Å². The predicted molar refractivity (Wildman–Crippen MR) is 94.5 cm³/mol. The van der Waals surface area contributed by atoms with Crippen LogP contribution in [0.25, 0.3) is 0 Å². The number of amides is 1. The number of hydrogen-bond donors (Lipinski definition) is 2. The molecule has 0 aliphatic rings. The van der Waals surface area contributed by atoms with Gasteiger partial charge >= 0.3 is 0 Å². The summed E-state index contributed by atoms with van der Waals surface area (Å²) in [5, 5.41) is 13.4. The van der Waals surface area contributed by atoms with Crippen molar-refractivity contribution >= 4 is 17.5 Å². The Morgan fingerprint density at radius 1 is 1.12 bits per heavy atom. The molecule has 2 rings (SSSR count). The van der Waals surface area contributed by atoms with Gasteiger partial charge in [0.05, 0.1) is 20.3 Å². The second kappa shape index (κ2) is 9.15. The topological polar surface area (TPSA) is 77.0 Å². The lowest BCUT2D eigenvalue weighted by atomic mass is 10.1. The fourth-order valence-corrected chi connectivity index (χ4v) is 2.25. The van der Waals surface area contributed by atoms with Gasteiger partial charge in [-0.2, -0.15) is 0 Å². The minimum Gasteiger partial charge on any atom is -0.493 e. The number of aliphatic hydroxyl groups excluding tert-OH is 1. The van der Waals surface area contributed by atoms with E-state index in [4.69, 9.17) is 25.8 Å². The van der Waals surface area contributed by atoms with Gasteiger partial charge in [-0.15, -0.1) is 0 Å². The van der Waals surface area contributed by atoms with Crippen LogP contribution in [0.4, 0.5) is 0 Å². The Kier molecular flexibility index (Phi) is 6.91. The first-order valence-electron chi connectivity index (χ1n) is 7.58. The van der Waals surface area contributed by atoms with E-state index in [-0.39, 0.29) is 19.1 Å². The van der Waals surface area contributed by atoms with Crippen LogP contribution in [0.1, 0.15) is 11.7 Å². The van der Waals surface area contributed by atoms with Gasteiger partial charge in [0.2, 0.25) is 0 Å². The number of halogens is 1. The predicted octanol–water partition coefficient (Wildman–Crippen LogP) is 2.59. The molecule has 0 radical (unpaired) electrons. The molecule has 0 fully saturated rings. The zero-order chi connectivity index (χ0) is 18.2. The molecule has 7 heteroatoms. The Morgan fingerprint density at radius 2 is 1.80 bits per heavy atom. The highest BCUT2D eigenvalue weighted by atomic mass is 35.5. The third-order valence-corrected chi connectivity index (χ3v) is 3.72. The van der Waals surface area contributed by atoms with E-state index in [1.165, 1.54) is 14.2 Å². The van der Waals surface area contributed by atoms with Crippen LogP contribution in [-0.4, -0.2) is 38.4 Å². The zero-order valence-electron chi connectivity index (χ0n) is 14.0. The van der Waals surface area contributed by atoms with Crippen LogP contribution < -0.4 is 19.5 Å². The highest BCUT2D eigenvalue weighted by Gasteiger charge is 2.13. The number of carbonyl (C=O) groups excluding carboxylic acids is 1. The minimum absolute atomic E-state index is 0.0539. The van der Waals surface area contributed by atoms with Crippen molar-refractivity contribution in [2.45, 2.75) is 6.10 Å². The molecule has 0 aliphatic carbocycles. The van der Waals surface area contributed by atoms with Crippen molar-refractivity contribution in [1.29, 1.82) is 0 Å². The second-order valence-corrected chi connectivity index (χ2v) is 5.61. The van der Waals surface area contributed by atoms with Crippen LogP contribution in [0.3, 0.4) is 0 Å². The van der Waals surface area contributed by atoms with E-state index in [0.29, 0.717) is 27.8 Å². The highest BCUT2D eigenvalue weighted by Crippen LogP contribution is 2.29. The quantitative estimate of drug-likeness (QED) is 0.752. The number of nitrogens with one attached hydrogen (secondary N) is 1. The van der Waals surface area contributed by atoms with Crippen molar-refractivity contribution in [2.75, 3.05) is 27.4 Å². The van der Waals surface area contributed by atoms with Gasteiger partial charge in [-0.25, -0.2) is 0 Å². The average molecular weight is 366 g/mol. The molecular weight excluding hydrogens is 346 g/mol. The molecule has 1 unspecified atom stereocenters. The number of benzene rings is 2. The summed E-state index contributed by atoms with van der Waals surface area (Å²) in [7, 11) is 3.05. The van der Waals surface area contributed by atoms with Crippen molar-refractivity contribution in [2.24, 2.45) is 0 Å². The molecule has 6 nitrogen and oxygen atoms in total. The van der Waals surface area contributed by atoms with Gasteiger partial charge in [-0.1, -0.05) is 17.7 Å². The maximum atomic E-state index is 11.8. The first-order valence-corrected chi connectivity index (χ1v) is 7.96. The Bertz CT molecular complexity index is 705. The normalized spacial score (nSPS) is 11.5. The van der Waals surface area contributed by atoms with E-state index < -0.39 is 6.10 Å². The molecule has 2 aromatic rings. The van der Waals surface area contributed by atoms with Crippen LogP contribution in [-0.2, 0) is 4.79 Å². The van der Waals surface area contributed by atoms with Gasteiger partial charge in [-0.05, 0) is 42.0 Å². The lowest BCUT2D eigenvalue weighted by Gasteiger charge is -2.15. The first kappa shape index (κ1) is 18.9. The van der Waals surface area contributed by atoms with Gasteiger partial charge in [0.1, 0.15) is 5.75 Å². The average Bonchev–Trinajstić information content (AvgIpc) is 2.64. The summed E-state index contributed by atoms with van der Waals surface area (Å²) >= 11 is 5.78.